The van der Waals surface area contributed by atoms with Gasteiger partial charge in [0.05, 0.1) is 13.2 Å². The highest BCUT2D eigenvalue weighted by atomic mass is 16.5. The minimum absolute atomic E-state index is 0.790. The number of piperazine rings is 1. The SMILES string of the molecule is [CH]1CC1=CCOCCN1CCNCC1. The van der Waals surface area contributed by atoms with Crippen molar-refractivity contribution in [3.05, 3.63) is 18.1 Å². The van der Waals surface area contributed by atoms with Crippen molar-refractivity contribution in [3.8, 4) is 0 Å². The van der Waals surface area contributed by atoms with Gasteiger partial charge in [-0.15, -0.1) is 0 Å². The Bertz CT molecular complexity index is 191. The van der Waals surface area contributed by atoms with Crippen molar-refractivity contribution in [2.45, 2.75) is 6.42 Å². The zero-order valence-electron chi connectivity index (χ0n) is 8.67. The van der Waals surface area contributed by atoms with Crippen LogP contribution in [0.25, 0.3) is 0 Å². The second kappa shape index (κ2) is 5.49. The fraction of sp³-hybridized carbons (Fsp3) is 0.727. The molecule has 1 N–H and O–H groups in total. The first-order valence-electron chi connectivity index (χ1n) is 5.48. The van der Waals surface area contributed by atoms with Crippen LogP contribution in [0.3, 0.4) is 0 Å². The molecule has 1 aliphatic heterocycles. The summed E-state index contributed by atoms with van der Waals surface area (Å²) in [5.41, 5.74) is 1.45. The normalized spacial score (nSPS) is 25.6. The summed E-state index contributed by atoms with van der Waals surface area (Å²) >= 11 is 0. The third-order valence-electron chi connectivity index (χ3n) is 2.66. The largest absolute Gasteiger partial charge is 0.376 e. The van der Waals surface area contributed by atoms with Gasteiger partial charge in [0.1, 0.15) is 0 Å². The second-order valence-electron chi connectivity index (χ2n) is 3.85. The average Bonchev–Trinajstić information content (AvgIpc) is 3.03. The molecule has 2 fully saturated rings. The maximum Gasteiger partial charge on any atom is 0.0650 e. The van der Waals surface area contributed by atoms with Crippen LogP contribution in [-0.2, 0) is 4.74 Å². The van der Waals surface area contributed by atoms with Gasteiger partial charge in [-0.1, -0.05) is 11.6 Å². The Morgan fingerprint density at radius 2 is 2.21 bits per heavy atom. The van der Waals surface area contributed by atoms with Gasteiger partial charge in [-0.2, -0.15) is 0 Å². The van der Waals surface area contributed by atoms with E-state index in [0.717, 1.165) is 45.9 Å². The van der Waals surface area contributed by atoms with Crippen LogP contribution in [0.5, 0.6) is 0 Å². The maximum atomic E-state index is 5.53. The van der Waals surface area contributed by atoms with Gasteiger partial charge in [-0.25, -0.2) is 0 Å². The predicted molar refractivity (Wildman–Crippen MR) is 57.1 cm³/mol. The predicted octanol–water partition coefficient (Wildman–Crippen LogP) is 0.443. The second-order valence-corrected chi connectivity index (χ2v) is 3.85. The highest BCUT2D eigenvalue weighted by Gasteiger charge is 2.10. The lowest BCUT2D eigenvalue weighted by atomic mass is 10.4. The maximum absolute atomic E-state index is 5.53. The molecule has 0 spiro atoms. The van der Waals surface area contributed by atoms with E-state index in [1.807, 2.05) is 0 Å². The zero-order chi connectivity index (χ0) is 9.64. The van der Waals surface area contributed by atoms with Gasteiger partial charge in [0.2, 0.25) is 0 Å². The van der Waals surface area contributed by atoms with Crippen molar-refractivity contribution in [3.63, 3.8) is 0 Å². The summed E-state index contributed by atoms with van der Waals surface area (Å²) in [6.45, 7) is 7.31. The standard InChI is InChI=1S/C11H19N2O/c1-2-11(1)3-9-14-10-8-13-6-4-12-5-7-13/h1,3,12H,2,4-10H2. The lowest BCUT2D eigenvalue weighted by Gasteiger charge is -2.26. The number of ether oxygens (including phenoxy) is 1. The molecule has 0 unspecified atom stereocenters. The molecule has 1 aliphatic carbocycles. The lowest BCUT2D eigenvalue weighted by Crippen LogP contribution is -2.44. The number of nitrogens with zero attached hydrogens (tertiary/aromatic N) is 1. The Balaban J connectivity index is 1.47. The molecule has 1 radical (unpaired) electrons. The molecule has 2 rings (SSSR count). The summed E-state index contributed by atoms with van der Waals surface area (Å²) in [6, 6.07) is 0. The van der Waals surface area contributed by atoms with Crippen LogP contribution in [-0.4, -0.2) is 50.8 Å². The summed E-state index contributed by atoms with van der Waals surface area (Å²) in [5.74, 6) is 0. The minimum atomic E-state index is 0.790. The molecule has 79 valence electrons. The van der Waals surface area contributed by atoms with E-state index in [9.17, 15) is 0 Å². The molecule has 14 heavy (non-hydrogen) atoms. The van der Waals surface area contributed by atoms with E-state index < -0.39 is 0 Å². The van der Waals surface area contributed by atoms with Gasteiger partial charge >= 0.3 is 0 Å². The number of hydrogen-bond acceptors (Lipinski definition) is 3. The molecule has 0 aromatic rings. The van der Waals surface area contributed by atoms with Gasteiger partial charge < -0.3 is 10.1 Å². The third-order valence-corrected chi connectivity index (χ3v) is 2.66. The number of hydrogen-bond donors (Lipinski definition) is 1. The van der Waals surface area contributed by atoms with Gasteiger partial charge in [0, 0.05) is 32.7 Å². The van der Waals surface area contributed by atoms with E-state index in [1.54, 1.807) is 0 Å². The molecule has 1 heterocycles. The van der Waals surface area contributed by atoms with Crippen molar-refractivity contribution in [2.24, 2.45) is 0 Å². The quantitative estimate of drug-likeness (QED) is 0.644. The molecule has 0 aromatic heterocycles. The Kier molecular flexibility index (Phi) is 3.98. The minimum Gasteiger partial charge on any atom is -0.376 e. The number of allylic oxidation sites excluding steroid dienone is 1. The summed E-state index contributed by atoms with van der Waals surface area (Å²) in [6.07, 6.45) is 5.58. The Morgan fingerprint density at radius 1 is 1.43 bits per heavy atom. The number of rotatable bonds is 5. The summed E-state index contributed by atoms with van der Waals surface area (Å²) < 4.78 is 5.53. The zero-order valence-corrected chi connectivity index (χ0v) is 8.67. The summed E-state index contributed by atoms with van der Waals surface area (Å²) in [4.78, 5) is 2.45. The van der Waals surface area contributed by atoms with E-state index >= 15 is 0 Å². The molecule has 2 aliphatic rings. The molecule has 0 aromatic carbocycles. The van der Waals surface area contributed by atoms with Crippen LogP contribution in [0.1, 0.15) is 6.42 Å². The molecule has 1 saturated heterocycles. The fourth-order valence-electron chi connectivity index (χ4n) is 1.60. The van der Waals surface area contributed by atoms with Crippen LogP contribution in [0.2, 0.25) is 0 Å². The highest BCUT2D eigenvalue weighted by Crippen LogP contribution is 2.25. The van der Waals surface area contributed by atoms with E-state index in [0.29, 0.717) is 0 Å². The first kappa shape index (κ1) is 10.1. The van der Waals surface area contributed by atoms with Crippen molar-refractivity contribution in [1.82, 2.24) is 10.2 Å². The molecular formula is C11H19N2O. The molecule has 3 heteroatoms. The van der Waals surface area contributed by atoms with Crippen LogP contribution >= 0.6 is 0 Å². The van der Waals surface area contributed by atoms with Gasteiger partial charge in [-0.05, 0) is 12.8 Å². The van der Waals surface area contributed by atoms with Crippen molar-refractivity contribution < 1.29 is 4.74 Å². The van der Waals surface area contributed by atoms with E-state index in [2.05, 4.69) is 22.7 Å². The molecule has 3 nitrogen and oxygen atoms in total. The number of nitrogens with one attached hydrogen (secondary N) is 1. The third kappa shape index (κ3) is 3.78. The molecule has 0 atom stereocenters. The average molecular weight is 195 g/mol. The van der Waals surface area contributed by atoms with Crippen molar-refractivity contribution >= 4 is 0 Å². The molecular weight excluding hydrogens is 176 g/mol. The first-order chi connectivity index (χ1) is 6.95. The van der Waals surface area contributed by atoms with E-state index in [1.165, 1.54) is 12.0 Å². The van der Waals surface area contributed by atoms with E-state index in [-0.39, 0.29) is 0 Å². The first-order valence-corrected chi connectivity index (χ1v) is 5.48. The summed E-state index contributed by atoms with van der Waals surface area (Å²) in [7, 11) is 0. The Hall–Kier alpha value is -0.380. The monoisotopic (exact) mass is 195 g/mol. The topological polar surface area (TPSA) is 24.5 Å². The molecule has 1 saturated carbocycles. The van der Waals surface area contributed by atoms with Gasteiger partial charge in [0.25, 0.3) is 0 Å². The highest BCUT2D eigenvalue weighted by molar-refractivity contribution is 5.31. The molecule has 0 bridgehead atoms. The summed E-state index contributed by atoms with van der Waals surface area (Å²) in [5, 5.41) is 3.34. The Morgan fingerprint density at radius 3 is 2.93 bits per heavy atom. The van der Waals surface area contributed by atoms with Gasteiger partial charge in [0.15, 0.2) is 0 Å². The van der Waals surface area contributed by atoms with Crippen LogP contribution < -0.4 is 5.32 Å². The van der Waals surface area contributed by atoms with Gasteiger partial charge in [-0.3, -0.25) is 4.90 Å². The van der Waals surface area contributed by atoms with E-state index in [4.69, 9.17) is 4.74 Å². The van der Waals surface area contributed by atoms with Crippen LogP contribution in [0, 0.1) is 6.42 Å². The van der Waals surface area contributed by atoms with Crippen LogP contribution in [0.4, 0.5) is 0 Å². The Labute approximate surface area is 86.1 Å². The molecule has 0 amide bonds. The smallest absolute Gasteiger partial charge is 0.0650 e. The fourth-order valence-corrected chi connectivity index (χ4v) is 1.60. The van der Waals surface area contributed by atoms with Crippen LogP contribution in [0.15, 0.2) is 11.6 Å². The van der Waals surface area contributed by atoms with Crippen molar-refractivity contribution in [2.75, 3.05) is 45.9 Å². The lowest BCUT2D eigenvalue weighted by molar-refractivity contribution is 0.118. The van der Waals surface area contributed by atoms with Crippen molar-refractivity contribution in [1.29, 1.82) is 0 Å².